The van der Waals surface area contributed by atoms with E-state index in [1.54, 1.807) is 56.7 Å². The van der Waals surface area contributed by atoms with Crippen LogP contribution in [0.4, 0.5) is 11.4 Å². The summed E-state index contributed by atoms with van der Waals surface area (Å²) >= 11 is 1.56. The summed E-state index contributed by atoms with van der Waals surface area (Å²) in [6, 6.07) is 12.6. The minimum atomic E-state index is -0.683. The quantitative estimate of drug-likeness (QED) is 0.543. The summed E-state index contributed by atoms with van der Waals surface area (Å²) in [4.78, 5) is 31.8. The fraction of sp³-hybridized carbons (Fsp3) is 0.292. The Balaban J connectivity index is 1.56. The number of fused-ring (bicyclic) bond motifs is 1. The maximum atomic E-state index is 12.9. The van der Waals surface area contributed by atoms with Crippen molar-refractivity contribution in [2.75, 3.05) is 37.6 Å². The normalized spacial score (nSPS) is 15.1. The second-order valence-electron chi connectivity index (χ2n) is 7.51. The van der Waals surface area contributed by atoms with Crippen LogP contribution in [0.3, 0.4) is 0 Å². The Morgan fingerprint density at radius 1 is 1.21 bits per heavy atom. The largest absolute Gasteiger partial charge is 0.497 e. The predicted octanol–water partition coefficient (Wildman–Crippen LogP) is 3.76. The molecule has 4 rings (SSSR count). The zero-order valence-corrected chi connectivity index (χ0v) is 19.5. The van der Waals surface area contributed by atoms with Crippen LogP contribution in [-0.2, 0) is 20.7 Å². The fourth-order valence-electron chi connectivity index (χ4n) is 3.50. The number of anilines is 2. The number of carbonyl (C=O) groups is 2. The first-order valence-corrected chi connectivity index (χ1v) is 11.4. The number of benzene rings is 2. The highest BCUT2D eigenvalue weighted by Gasteiger charge is 2.33. The number of hydrogen-bond donors (Lipinski definition) is 1. The number of thiazole rings is 1. The van der Waals surface area contributed by atoms with Gasteiger partial charge in [0.15, 0.2) is 6.10 Å². The molecule has 2 heterocycles. The molecule has 1 unspecified atom stereocenters. The molecule has 0 spiro atoms. The Kier molecular flexibility index (Phi) is 6.90. The second kappa shape index (κ2) is 10.0. The van der Waals surface area contributed by atoms with E-state index in [4.69, 9.17) is 14.2 Å². The zero-order chi connectivity index (χ0) is 23.4. The summed E-state index contributed by atoms with van der Waals surface area (Å²) in [5, 5.41) is 5.77. The van der Waals surface area contributed by atoms with E-state index in [-0.39, 0.29) is 18.4 Å². The molecule has 1 aliphatic heterocycles. The molecule has 1 N–H and O–H groups in total. The van der Waals surface area contributed by atoms with Gasteiger partial charge in [-0.2, -0.15) is 0 Å². The van der Waals surface area contributed by atoms with Crippen molar-refractivity contribution in [1.29, 1.82) is 0 Å². The van der Waals surface area contributed by atoms with Crippen LogP contribution in [0, 0.1) is 0 Å². The van der Waals surface area contributed by atoms with Crippen LogP contribution in [0.25, 0.3) is 11.3 Å². The molecule has 9 heteroatoms. The van der Waals surface area contributed by atoms with E-state index >= 15 is 0 Å². The summed E-state index contributed by atoms with van der Waals surface area (Å²) in [5.74, 6) is 0.662. The molecule has 33 heavy (non-hydrogen) atoms. The van der Waals surface area contributed by atoms with Gasteiger partial charge in [-0.05, 0) is 49.4 Å². The molecule has 1 aromatic heterocycles. The number of nitrogens with zero attached hydrogens (tertiary/aromatic N) is 2. The Labute approximate surface area is 196 Å². The molecule has 0 saturated heterocycles. The molecule has 0 bridgehead atoms. The van der Waals surface area contributed by atoms with Crippen LogP contribution in [0.2, 0.25) is 0 Å². The minimum absolute atomic E-state index is 0.134. The van der Waals surface area contributed by atoms with Gasteiger partial charge in [0.2, 0.25) is 5.91 Å². The molecule has 8 nitrogen and oxygen atoms in total. The predicted molar refractivity (Wildman–Crippen MR) is 127 cm³/mol. The Hall–Kier alpha value is -3.43. The highest BCUT2D eigenvalue weighted by atomic mass is 32.1. The molecule has 0 fully saturated rings. The number of amides is 2. The molecular formula is C24H25N3O5S. The smallest absolute Gasteiger partial charge is 0.268 e. The number of ether oxygens (including phenoxy) is 3. The fourth-order valence-corrected chi connectivity index (χ4v) is 4.28. The monoisotopic (exact) mass is 467 g/mol. The lowest BCUT2D eigenvalue weighted by molar-refractivity contribution is -0.127. The van der Waals surface area contributed by atoms with Gasteiger partial charge in [0, 0.05) is 30.2 Å². The molecule has 0 radical (unpaired) electrons. The molecule has 3 aromatic rings. The minimum Gasteiger partial charge on any atom is -0.497 e. The highest BCUT2D eigenvalue weighted by molar-refractivity contribution is 7.09. The average molecular weight is 468 g/mol. The first kappa shape index (κ1) is 22.8. The molecular weight excluding hydrogens is 442 g/mol. The Morgan fingerprint density at radius 3 is 2.73 bits per heavy atom. The van der Waals surface area contributed by atoms with Gasteiger partial charge >= 0.3 is 0 Å². The van der Waals surface area contributed by atoms with Gasteiger partial charge in [-0.15, -0.1) is 11.3 Å². The van der Waals surface area contributed by atoms with Crippen LogP contribution >= 0.6 is 11.3 Å². The summed E-state index contributed by atoms with van der Waals surface area (Å²) in [5.41, 5.74) is 2.82. The van der Waals surface area contributed by atoms with Gasteiger partial charge in [-0.25, -0.2) is 4.98 Å². The Bertz CT molecular complexity index is 1150. The maximum absolute atomic E-state index is 12.9. The molecule has 172 valence electrons. The zero-order valence-electron chi connectivity index (χ0n) is 18.7. The van der Waals surface area contributed by atoms with E-state index < -0.39 is 6.10 Å². The summed E-state index contributed by atoms with van der Waals surface area (Å²) in [7, 11) is 3.24. The van der Waals surface area contributed by atoms with Crippen molar-refractivity contribution < 1.29 is 23.8 Å². The van der Waals surface area contributed by atoms with Gasteiger partial charge in [-0.1, -0.05) is 0 Å². The van der Waals surface area contributed by atoms with E-state index in [0.29, 0.717) is 29.5 Å². The van der Waals surface area contributed by atoms with Crippen LogP contribution in [0.15, 0.2) is 47.8 Å². The van der Waals surface area contributed by atoms with Crippen LogP contribution in [-0.4, -0.2) is 50.3 Å². The average Bonchev–Trinajstić information content (AvgIpc) is 3.30. The number of aromatic nitrogens is 1. The summed E-state index contributed by atoms with van der Waals surface area (Å²) < 4.78 is 16.0. The van der Waals surface area contributed by atoms with Crippen LogP contribution in [0.5, 0.6) is 11.5 Å². The van der Waals surface area contributed by atoms with Gasteiger partial charge < -0.3 is 19.5 Å². The standard InChI is InChI=1S/C24H25N3O5S/c1-15-24(29)27(13-22(28)25-17-5-7-18(31-3)8-6-17)20-12-16(4-9-21(20)32-15)19-14-33-23(26-19)10-11-30-2/h4-9,12,14-15H,10-11,13H2,1-3H3,(H,25,28). The number of hydrogen-bond acceptors (Lipinski definition) is 7. The highest BCUT2D eigenvalue weighted by Crippen LogP contribution is 2.37. The summed E-state index contributed by atoms with van der Waals surface area (Å²) in [6.07, 6.45) is 0.0557. The lowest BCUT2D eigenvalue weighted by atomic mass is 10.1. The molecule has 1 atom stereocenters. The van der Waals surface area contributed by atoms with Gasteiger partial charge in [0.05, 0.1) is 30.1 Å². The number of rotatable bonds is 8. The van der Waals surface area contributed by atoms with Crippen LogP contribution in [0.1, 0.15) is 11.9 Å². The topological polar surface area (TPSA) is 90.0 Å². The van der Waals surface area contributed by atoms with Crippen molar-refractivity contribution in [3.05, 3.63) is 52.9 Å². The van der Waals surface area contributed by atoms with Gasteiger partial charge in [0.1, 0.15) is 18.0 Å². The third kappa shape index (κ3) is 5.15. The van der Waals surface area contributed by atoms with E-state index in [0.717, 1.165) is 22.7 Å². The number of carbonyl (C=O) groups excluding carboxylic acids is 2. The van der Waals surface area contributed by atoms with E-state index in [1.165, 1.54) is 4.90 Å². The van der Waals surface area contributed by atoms with Crippen molar-refractivity contribution in [3.63, 3.8) is 0 Å². The van der Waals surface area contributed by atoms with E-state index in [1.807, 2.05) is 23.6 Å². The van der Waals surface area contributed by atoms with Gasteiger partial charge in [0.25, 0.3) is 5.91 Å². The Morgan fingerprint density at radius 2 is 2.00 bits per heavy atom. The van der Waals surface area contributed by atoms with E-state index in [9.17, 15) is 9.59 Å². The van der Waals surface area contributed by atoms with E-state index in [2.05, 4.69) is 10.3 Å². The molecule has 2 amide bonds. The number of methoxy groups -OCH3 is 2. The lowest BCUT2D eigenvalue weighted by Crippen LogP contribution is -2.47. The van der Waals surface area contributed by atoms with Crippen molar-refractivity contribution >= 4 is 34.5 Å². The lowest BCUT2D eigenvalue weighted by Gasteiger charge is -2.32. The molecule has 1 aliphatic rings. The third-order valence-electron chi connectivity index (χ3n) is 5.21. The molecule has 0 saturated carbocycles. The third-order valence-corrected chi connectivity index (χ3v) is 6.12. The molecule has 0 aliphatic carbocycles. The SMILES string of the molecule is COCCc1nc(-c2ccc3c(c2)N(CC(=O)Nc2ccc(OC)cc2)C(=O)C(C)O3)cs1. The number of nitrogens with one attached hydrogen (secondary N) is 1. The summed E-state index contributed by atoms with van der Waals surface area (Å²) in [6.45, 7) is 2.15. The maximum Gasteiger partial charge on any atom is 0.268 e. The van der Waals surface area contributed by atoms with Crippen molar-refractivity contribution in [3.8, 4) is 22.8 Å². The first-order chi connectivity index (χ1) is 16.0. The van der Waals surface area contributed by atoms with Gasteiger partial charge in [-0.3, -0.25) is 14.5 Å². The first-order valence-electron chi connectivity index (χ1n) is 10.5. The van der Waals surface area contributed by atoms with Crippen LogP contribution < -0.4 is 19.7 Å². The van der Waals surface area contributed by atoms with Crippen molar-refractivity contribution in [2.24, 2.45) is 0 Å². The second-order valence-corrected chi connectivity index (χ2v) is 8.46. The van der Waals surface area contributed by atoms with Crippen molar-refractivity contribution in [2.45, 2.75) is 19.4 Å². The molecule has 2 aromatic carbocycles. The van der Waals surface area contributed by atoms with Crippen molar-refractivity contribution in [1.82, 2.24) is 4.98 Å².